The van der Waals surface area contributed by atoms with Crippen molar-refractivity contribution in [2.75, 3.05) is 0 Å². The van der Waals surface area contributed by atoms with Crippen LogP contribution in [0.4, 0.5) is 0 Å². The summed E-state index contributed by atoms with van der Waals surface area (Å²) in [6.45, 7) is 6.41. The lowest BCUT2D eigenvalue weighted by molar-refractivity contribution is 0.589. The van der Waals surface area contributed by atoms with Crippen molar-refractivity contribution in [3.05, 3.63) is 29.8 Å². The highest BCUT2D eigenvalue weighted by molar-refractivity contribution is 7.83. The van der Waals surface area contributed by atoms with E-state index in [0.717, 1.165) is 0 Å². The second-order valence-electron chi connectivity index (χ2n) is 4.29. The van der Waals surface area contributed by atoms with Gasteiger partial charge in [-0.15, -0.1) is 0 Å². The zero-order chi connectivity index (χ0) is 11.5. The van der Waals surface area contributed by atoms with E-state index in [1.54, 1.807) is 0 Å². The molecule has 0 aromatic heterocycles. The van der Waals surface area contributed by atoms with Gasteiger partial charge in [0.2, 0.25) is 0 Å². The molecule has 0 spiro atoms. The van der Waals surface area contributed by atoms with Gasteiger partial charge in [-0.25, -0.2) is 4.21 Å². The minimum absolute atomic E-state index is 0.111. The Morgan fingerprint density at radius 1 is 1.20 bits per heavy atom. The minimum Gasteiger partial charge on any atom is -0.257 e. The van der Waals surface area contributed by atoms with Crippen molar-refractivity contribution in [1.29, 1.82) is 0 Å². The molecule has 5 heteroatoms. The maximum atomic E-state index is 11.5. The van der Waals surface area contributed by atoms with Gasteiger partial charge < -0.3 is 0 Å². The smallest absolute Gasteiger partial charge is 0.139 e. The van der Waals surface area contributed by atoms with Gasteiger partial charge in [0, 0.05) is 0 Å². The van der Waals surface area contributed by atoms with Gasteiger partial charge in [0.15, 0.2) is 0 Å². The Bertz CT molecular complexity index is 343. The van der Waals surface area contributed by atoms with Crippen LogP contribution in [0.5, 0.6) is 0 Å². The molecule has 84 valence electrons. The molecule has 0 bridgehead atoms. The summed E-state index contributed by atoms with van der Waals surface area (Å²) >= 11 is 0. The van der Waals surface area contributed by atoms with Gasteiger partial charge in [-0.3, -0.25) is 5.84 Å². The molecule has 0 radical (unpaired) electrons. The molecule has 1 rings (SSSR count). The van der Waals surface area contributed by atoms with Crippen molar-refractivity contribution in [2.24, 2.45) is 5.84 Å². The summed E-state index contributed by atoms with van der Waals surface area (Å²) in [6, 6.07) is 7.62. The fourth-order valence-electron chi connectivity index (χ4n) is 1.19. The highest BCUT2D eigenvalue weighted by atomic mass is 32.2. The summed E-state index contributed by atoms with van der Waals surface area (Å²) in [5, 5.41) is 0. The minimum atomic E-state index is -1.30. The normalized spacial score (nSPS) is 13.9. The Balaban J connectivity index is 2.86. The molecule has 0 saturated carbocycles. The summed E-state index contributed by atoms with van der Waals surface area (Å²) in [6.07, 6.45) is 0. The van der Waals surface area contributed by atoms with Gasteiger partial charge in [0.25, 0.3) is 0 Å². The van der Waals surface area contributed by atoms with E-state index >= 15 is 0 Å². The van der Waals surface area contributed by atoms with E-state index in [4.69, 9.17) is 5.84 Å². The lowest BCUT2D eigenvalue weighted by Crippen LogP contribution is -2.38. The molecule has 1 unspecified atom stereocenters. The molecule has 1 aromatic rings. The standard InChI is InChI=1S/C10H17N3OS/c1-10(2,3)8-4-6-9(7-5-8)15(14)13-12-11/h4-7,12-13H,11H2,1-3H3. The van der Waals surface area contributed by atoms with E-state index in [-0.39, 0.29) is 5.41 Å². The zero-order valence-electron chi connectivity index (χ0n) is 9.20. The first-order chi connectivity index (χ1) is 6.95. The molecule has 0 aliphatic heterocycles. The summed E-state index contributed by atoms with van der Waals surface area (Å²) in [5.74, 6) is 5.01. The largest absolute Gasteiger partial charge is 0.257 e. The number of hydrogen-bond donors (Lipinski definition) is 3. The van der Waals surface area contributed by atoms with E-state index < -0.39 is 11.0 Å². The van der Waals surface area contributed by atoms with Gasteiger partial charge in [-0.05, 0) is 23.1 Å². The number of nitrogens with two attached hydrogens (primary N) is 1. The van der Waals surface area contributed by atoms with Crippen molar-refractivity contribution in [1.82, 2.24) is 10.4 Å². The van der Waals surface area contributed by atoms with Gasteiger partial charge in [-0.2, -0.15) is 10.4 Å². The fourth-order valence-corrected chi connectivity index (χ4v) is 1.80. The van der Waals surface area contributed by atoms with Crippen LogP contribution in [0, 0.1) is 0 Å². The van der Waals surface area contributed by atoms with Gasteiger partial charge >= 0.3 is 0 Å². The van der Waals surface area contributed by atoms with Crippen LogP contribution in [0.3, 0.4) is 0 Å². The van der Waals surface area contributed by atoms with E-state index in [1.165, 1.54) is 5.56 Å². The average molecular weight is 227 g/mol. The van der Waals surface area contributed by atoms with Gasteiger partial charge in [0.1, 0.15) is 11.0 Å². The third-order valence-electron chi connectivity index (χ3n) is 2.09. The summed E-state index contributed by atoms with van der Waals surface area (Å²) < 4.78 is 11.5. The van der Waals surface area contributed by atoms with Crippen LogP contribution in [-0.2, 0) is 16.4 Å². The number of rotatable bonds is 3. The molecule has 4 N–H and O–H groups in total. The van der Waals surface area contributed by atoms with Crippen LogP contribution in [0.15, 0.2) is 29.2 Å². The molecule has 4 nitrogen and oxygen atoms in total. The first kappa shape index (κ1) is 12.3. The van der Waals surface area contributed by atoms with Crippen LogP contribution in [0.1, 0.15) is 26.3 Å². The van der Waals surface area contributed by atoms with Crippen LogP contribution in [-0.4, -0.2) is 4.21 Å². The van der Waals surface area contributed by atoms with E-state index in [0.29, 0.717) is 4.90 Å². The number of nitrogens with one attached hydrogen (secondary N) is 2. The Labute approximate surface area is 92.8 Å². The Kier molecular flexibility index (Phi) is 3.98. The quantitative estimate of drug-likeness (QED) is 0.532. The number of benzene rings is 1. The molecule has 0 saturated heterocycles. The van der Waals surface area contributed by atoms with Gasteiger partial charge in [0.05, 0.1) is 4.90 Å². The maximum absolute atomic E-state index is 11.5. The third-order valence-corrected chi connectivity index (χ3v) is 3.09. The topological polar surface area (TPSA) is 67.2 Å². The fraction of sp³-hybridized carbons (Fsp3) is 0.400. The van der Waals surface area contributed by atoms with Crippen molar-refractivity contribution in [3.63, 3.8) is 0 Å². The highest BCUT2D eigenvalue weighted by Gasteiger charge is 2.13. The Hall–Kier alpha value is -0.750. The molecular formula is C10H17N3OS. The summed E-state index contributed by atoms with van der Waals surface area (Å²) in [7, 11) is -1.30. The van der Waals surface area contributed by atoms with Crippen LogP contribution in [0.25, 0.3) is 0 Å². The van der Waals surface area contributed by atoms with Crippen molar-refractivity contribution >= 4 is 11.0 Å². The molecule has 1 aromatic carbocycles. The number of hydrogen-bond acceptors (Lipinski definition) is 3. The lowest BCUT2D eigenvalue weighted by atomic mass is 9.87. The van der Waals surface area contributed by atoms with Crippen molar-refractivity contribution in [3.8, 4) is 0 Å². The Morgan fingerprint density at radius 3 is 2.13 bits per heavy atom. The van der Waals surface area contributed by atoms with Gasteiger partial charge in [-0.1, -0.05) is 32.9 Å². The third kappa shape index (κ3) is 3.39. The molecule has 0 heterocycles. The lowest BCUT2D eigenvalue weighted by Gasteiger charge is -2.18. The van der Waals surface area contributed by atoms with E-state index in [9.17, 15) is 4.21 Å². The summed E-state index contributed by atoms with van der Waals surface area (Å²) in [5.41, 5.74) is 3.48. The second-order valence-corrected chi connectivity index (χ2v) is 5.50. The predicted octanol–water partition coefficient (Wildman–Crippen LogP) is 0.975. The van der Waals surface area contributed by atoms with Crippen molar-refractivity contribution < 1.29 is 4.21 Å². The first-order valence-electron chi connectivity index (χ1n) is 4.68. The zero-order valence-corrected chi connectivity index (χ0v) is 10.0. The molecule has 0 aliphatic carbocycles. The second kappa shape index (κ2) is 4.85. The average Bonchev–Trinajstić information content (AvgIpc) is 2.17. The predicted molar refractivity (Wildman–Crippen MR) is 62.0 cm³/mol. The Morgan fingerprint density at radius 2 is 1.73 bits per heavy atom. The maximum Gasteiger partial charge on any atom is 0.139 e. The monoisotopic (exact) mass is 227 g/mol. The summed E-state index contributed by atoms with van der Waals surface area (Å²) in [4.78, 5) is 3.12. The van der Waals surface area contributed by atoms with Crippen molar-refractivity contribution in [2.45, 2.75) is 31.1 Å². The van der Waals surface area contributed by atoms with E-state index in [1.807, 2.05) is 24.3 Å². The molecule has 15 heavy (non-hydrogen) atoms. The molecule has 0 amide bonds. The highest BCUT2D eigenvalue weighted by Crippen LogP contribution is 2.22. The molecule has 1 atom stereocenters. The van der Waals surface area contributed by atoms with Crippen LogP contribution < -0.4 is 16.2 Å². The van der Waals surface area contributed by atoms with E-state index in [2.05, 4.69) is 31.1 Å². The molecule has 0 aliphatic rings. The van der Waals surface area contributed by atoms with Crippen LogP contribution >= 0.6 is 0 Å². The van der Waals surface area contributed by atoms with Crippen LogP contribution in [0.2, 0.25) is 0 Å². The first-order valence-corrected chi connectivity index (χ1v) is 5.83. The molecule has 0 fully saturated rings. The SMILES string of the molecule is CC(C)(C)c1ccc(S(=O)NNN)cc1. The molecular weight excluding hydrogens is 210 g/mol. The number of hydrazine groups is 2.